The summed E-state index contributed by atoms with van der Waals surface area (Å²) in [6.07, 6.45) is 4.34. The average molecular weight is 304 g/mol. The second-order valence-corrected chi connectivity index (χ2v) is 5.17. The molecule has 1 aromatic carbocycles. The van der Waals surface area contributed by atoms with E-state index in [1.165, 1.54) is 12.3 Å². The van der Waals surface area contributed by atoms with Crippen LogP contribution in [-0.4, -0.2) is 10.9 Å². The maximum absolute atomic E-state index is 13.1. The molecule has 1 aliphatic rings. The molecule has 0 spiro atoms. The molecule has 1 aliphatic carbocycles. The molecular weight excluding hydrogens is 290 g/mol. The van der Waals surface area contributed by atoms with Gasteiger partial charge in [0.05, 0.1) is 6.20 Å². The number of anilines is 1. The van der Waals surface area contributed by atoms with Gasteiger partial charge in [-0.3, -0.25) is 4.79 Å². The monoisotopic (exact) mass is 304 g/mol. The molecule has 1 amide bonds. The molecule has 4 nitrogen and oxygen atoms in total. The van der Waals surface area contributed by atoms with Crippen molar-refractivity contribution >= 4 is 11.7 Å². The molecule has 0 bridgehead atoms. The summed E-state index contributed by atoms with van der Waals surface area (Å²) in [5, 5.41) is 2.74. The Balaban J connectivity index is 1.63. The van der Waals surface area contributed by atoms with E-state index in [0.717, 1.165) is 31.4 Å². The highest BCUT2D eigenvalue weighted by atomic mass is 19.2. The van der Waals surface area contributed by atoms with E-state index < -0.39 is 11.6 Å². The molecule has 0 atom stereocenters. The minimum absolute atomic E-state index is 0.0203. The Morgan fingerprint density at radius 1 is 1.14 bits per heavy atom. The highest BCUT2D eigenvalue weighted by Crippen LogP contribution is 2.28. The first-order valence-corrected chi connectivity index (χ1v) is 7.01. The smallest absolute Gasteiger partial charge is 0.228 e. The second-order valence-electron chi connectivity index (χ2n) is 5.17. The van der Waals surface area contributed by atoms with Gasteiger partial charge < -0.3 is 10.1 Å². The first kappa shape index (κ1) is 14.4. The van der Waals surface area contributed by atoms with E-state index in [4.69, 9.17) is 4.74 Å². The number of hydrogen-bond donors (Lipinski definition) is 1. The molecule has 6 heteroatoms. The summed E-state index contributed by atoms with van der Waals surface area (Å²) in [5.74, 6) is -0.864. The zero-order valence-electron chi connectivity index (χ0n) is 11.7. The van der Waals surface area contributed by atoms with Gasteiger partial charge in [0.1, 0.15) is 17.3 Å². The molecule has 0 radical (unpaired) electrons. The van der Waals surface area contributed by atoms with Crippen LogP contribution in [0.4, 0.5) is 14.6 Å². The van der Waals surface area contributed by atoms with Gasteiger partial charge in [-0.05, 0) is 37.1 Å². The van der Waals surface area contributed by atoms with Crippen molar-refractivity contribution in [3.63, 3.8) is 0 Å². The number of amides is 1. The second kappa shape index (κ2) is 6.09. The first-order chi connectivity index (χ1) is 10.6. The van der Waals surface area contributed by atoms with Crippen LogP contribution in [0.1, 0.15) is 19.3 Å². The summed E-state index contributed by atoms with van der Waals surface area (Å²) in [4.78, 5) is 15.9. The molecule has 1 N–H and O–H groups in total. The Hall–Kier alpha value is -2.50. The third-order valence-corrected chi connectivity index (χ3v) is 3.59. The number of ether oxygens (including phenoxy) is 1. The van der Waals surface area contributed by atoms with Crippen molar-refractivity contribution in [2.75, 3.05) is 5.32 Å². The van der Waals surface area contributed by atoms with Gasteiger partial charge in [0.2, 0.25) is 5.91 Å². The van der Waals surface area contributed by atoms with Gasteiger partial charge in [-0.2, -0.15) is 0 Å². The van der Waals surface area contributed by atoms with Gasteiger partial charge in [-0.25, -0.2) is 13.8 Å². The average Bonchev–Trinajstić information content (AvgIpc) is 2.43. The lowest BCUT2D eigenvalue weighted by Gasteiger charge is -2.23. The zero-order valence-corrected chi connectivity index (χ0v) is 11.7. The van der Waals surface area contributed by atoms with E-state index >= 15 is 0 Å². The fourth-order valence-electron chi connectivity index (χ4n) is 2.09. The number of benzene rings is 1. The highest BCUT2D eigenvalue weighted by Gasteiger charge is 2.25. The lowest BCUT2D eigenvalue weighted by Crippen LogP contribution is -2.28. The van der Waals surface area contributed by atoms with E-state index in [2.05, 4.69) is 10.3 Å². The minimum Gasteiger partial charge on any atom is -0.456 e. The van der Waals surface area contributed by atoms with Gasteiger partial charge in [0, 0.05) is 12.0 Å². The van der Waals surface area contributed by atoms with Gasteiger partial charge in [-0.15, -0.1) is 0 Å². The van der Waals surface area contributed by atoms with Crippen molar-refractivity contribution in [1.82, 2.24) is 4.98 Å². The molecule has 0 unspecified atom stereocenters. The van der Waals surface area contributed by atoms with Crippen LogP contribution in [0.25, 0.3) is 0 Å². The molecule has 0 aliphatic heterocycles. The molecule has 22 heavy (non-hydrogen) atoms. The van der Waals surface area contributed by atoms with Gasteiger partial charge in [0.25, 0.3) is 0 Å². The number of nitrogens with one attached hydrogen (secondary N) is 1. The number of carbonyl (C=O) groups excluding carboxylic acids is 1. The number of aromatic nitrogens is 1. The van der Waals surface area contributed by atoms with E-state index in [-0.39, 0.29) is 17.6 Å². The lowest BCUT2D eigenvalue weighted by atomic mass is 9.85. The fourth-order valence-corrected chi connectivity index (χ4v) is 2.09. The normalized spacial score (nSPS) is 14.3. The molecule has 3 rings (SSSR count). The van der Waals surface area contributed by atoms with Crippen molar-refractivity contribution in [3.05, 3.63) is 48.2 Å². The van der Waals surface area contributed by atoms with E-state index in [1.807, 2.05) is 0 Å². The van der Waals surface area contributed by atoms with Crippen LogP contribution in [0.15, 0.2) is 36.5 Å². The van der Waals surface area contributed by atoms with Crippen molar-refractivity contribution in [1.29, 1.82) is 0 Å². The first-order valence-electron chi connectivity index (χ1n) is 7.01. The summed E-state index contributed by atoms with van der Waals surface area (Å²) < 4.78 is 31.3. The number of nitrogens with zero attached hydrogens (tertiary/aromatic N) is 1. The number of rotatable bonds is 4. The quantitative estimate of drug-likeness (QED) is 0.932. The third kappa shape index (κ3) is 3.21. The van der Waals surface area contributed by atoms with Gasteiger partial charge in [0.15, 0.2) is 11.6 Å². The molecule has 114 valence electrons. The zero-order chi connectivity index (χ0) is 15.5. The topological polar surface area (TPSA) is 51.2 Å². The Bertz CT molecular complexity index is 685. The van der Waals surface area contributed by atoms with Crippen LogP contribution in [-0.2, 0) is 4.79 Å². The predicted molar refractivity (Wildman–Crippen MR) is 76.6 cm³/mol. The highest BCUT2D eigenvalue weighted by molar-refractivity contribution is 5.92. The lowest BCUT2D eigenvalue weighted by molar-refractivity contribution is -0.122. The van der Waals surface area contributed by atoms with Crippen LogP contribution in [0.3, 0.4) is 0 Å². The fraction of sp³-hybridized carbons (Fsp3) is 0.250. The van der Waals surface area contributed by atoms with Crippen molar-refractivity contribution in [2.45, 2.75) is 19.3 Å². The van der Waals surface area contributed by atoms with Crippen LogP contribution in [0, 0.1) is 17.6 Å². The van der Waals surface area contributed by atoms with Crippen molar-refractivity contribution in [2.24, 2.45) is 5.92 Å². The summed E-state index contributed by atoms with van der Waals surface area (Å²) in [7, 11) is 0. The summed E-state index contributed by atoms with van der Waals surface area (Å²) >= 11 is 0. The van der Waals surface area contributed by atoms with Crippen molar-refractivity contribution < 1.29 is 18.3 Å². The number of carbonyl (C=O) groups is 1. The molecular formula is C16H14F2N2O2. The number of hydrogen-bond acceptors (Lipinski definition) is 3. The molecule has 0 saturated heterocycles. The molecule has 1 heterocycles. The summed E-state index contributed by atoms with van der Waals surface area (Å²) in [6.45, 7) is 0. The molecule has 1 aromatic heterocycles. The number of halogens is 2. The summed E-state index contributed by atoms with van der Waals surface area (Å²) in [5.41, 5.74) is 0. The van der Waals surface area contributed by atoms with E-state index in [1.54, 1.807) is 12.1 Å². The molecule has 1 saturated carbocycles. The maximum atomic E-state index is 13.1. The van der Waals surface area contributed by atoms with E-state index in [0.29, 0.717) is 11.6 Å². The third-order valence-electron chi connectivity index (χ3n) is 3.59. The predicted octanol–water partition coefficient (Wildman–Crippen LogP) is 3.89. The Kier molecular flexibility index (Phi) is 4.00. The SMILES string of the molecule is O=C(Nc1ccc(Oc2ccc(F)c(F)c2)cn1)C1CCC1. The number of pyridine rings is 1. The van der Waals surface area contributed by atoms with E-state index in [9.17, 15) is 13.6 Å². The minimum atomic E-state index is -0.977. The largest absolute Gasteiger partial charge is 0.456 e. The van der Waals surface area contributed by atoms with Crippen LogP contribution in [0.5, 0.6) is 11.5 Å². The van der Waals surface area contributed by atoms with Gasteiger partial charge in [-0.1, -0.05) is 6.42 Å². The van der Waals surface area contributed by atoms with Crippen LogP contribution in [0.2, 0.25) is 0 Å². The standard InChI is InChI=1S/C16H14F2N2O2/c17-13-6-4-11(8-14(13)18)22-12-5-7-15(19-9-12)20-16(21)10-2-1-3-10/h4-10H,1-3H2,(H,19,20,21). The Labute approximate surface area is 126 Å². The van der Waals surface area contributed by atoms with Crippen LogP contribution < -0.4 is 10.1 Å². The molecule has 1 fully saturated rings. The van der Waals surface area contributed by atoms with Gasteiger partial charge >= 0.3 is 0 Å². The van der Waals surface area contributed by atoms with Crippen LogP contribution >= 0.6 is 0 Å². The molecule has 2 aromatic rings. The Morgan fingerprint density at radius 2 is 1.91 bits per heavy atom. The summed E-state index contributed by atoms with van der Waals surface area (Å²) in [6, 6.07) is 6.48. The van der Waals surface area contributed by atoms with Crippen molar-refractivity contribution in [3.8, 4) is 11.5 Å². The Morgan fingerprint density at radius 3 is 2.50 bits per heavy atom. The maximum Gasteiger partial charge on any atom is 0.228 e.